The quantitative estimate of drug-likeness (QED) is 0.439. The van der Waals surface area contributed by atoms with Crippen LogP contribution in [-0.4, -0.2) is 12.1 Å². The number of carbonyl (C=O) groups excluding carboxylic acids is 1. The minimum absolute atomic E-state index is 0.245. The van der Waals surface area contributed by atoms with Crippen LogP contribution in [0.15, 0.2) is 0 Å². The van der Waals surface area contributed by atoms with E-state index < -0.39 is 8.30 Å². The van der Waals surface area contributed by atoms with E-state index in [0.717, 1.165) is 12.6 Å². The fraction of sp³-hybridized carbons (Fsp3) is 0.941. The van der Waals surface area contributed by atoms with Crippen LogP contribution in [0, 0.1) is 5.41 Å². The van der Waals surface area contributed by atoms with E-state index in [1.807, 2.05) is 0 Å². The molecule has 0 aliphatic heterocycles. The van der Waals surface area contributed by atoms with Gasteiger partial charge < -0.3 is 4.52 Å². The van der Waals surface area contributed by atoms with Crippen LogP contribution in [0.3, 0.4) is 0 Å². The minimum atomic E-state index is -1.08. The number of hydrogen-bond acceptors (Lipinski definition) is 3. The fourth-order valence-corrected chi connectivity index (χ4v) is 4.08. The Morgan fingerprint density at radius 1 is 0.952 bits per heavy atom. The van der Waals surface area contributed by atoms with Gasteiger partial charge in [-0.15, -0.1) is 0 Å². The standard InChI is InChI=1S/C17H36NO2P/c1-5-8-11-17(12-9-6-2,13-10-7-3)14-15-21(18)20-16(4)19/h5-15,18H2,1-4H3. The molecule has 0 spiro atoms. The van der Waals surface area contributed by atoms with Crippen LogP contribution < -0.4 is 5.50 Å². The van der Waals surface area contributed by atoms with Crippen LogP contribution in [-0.2, 0) is 9.32 Å². The summed E-state index contributed by atoms with van der Waals surface area (Å²) in [6.07, 6.45) is 13.5. The van der Waals surface area contributed by atoms with E-state index >= 15 is 0 Å². The molecule has 0 aromatic rings. The van der Waals surface area contributed by atoms with Crippen LogP contribution >= 0.6 is 8.30 Å². The summed E-state index contributed by atoms with van der Waals surface area (Å²) >= 11 is 0. The van der Waals surface area contributed by atoms with Crippen LogP contribution in [0.4, 0.5) is 0 Å². The van der Waals surface area contributed by atoms with Crippen molar-refractivity contribution in [2.75, 3.05) is 6.16 Å². The Kier molecular flexibility index (Phi) is 12.3. The Morgan fingerprint density at radius 3 is 1.71 bits per heavy atom. The first-order valence-corrected chi connectivity index (χ1v) is 10.2. The van der Waals surface area contributed by atoms with Gasteiger partial charge in [-0.25, -0.2) is 0 Å². The molecule has 0 aromatic carbocycles. The molecule has 21 heavy (non-hydrogen) atoms. The Bertz CT molecular complexity index is 250. The lowest BCUT2D eigenvalue weighted by Crippen LogP contribution is -2.23. The first-order valence-electron chi connectivity index (χ1n) is 8.70. The zero-order valence-electron chi connectivity index (χ0n) is 14.6. The van der Waals surface area contributed by atoms with Crippen molar-refractivity contribution >= 4 is 14.3 Å². The van der Waals surface area contributed by atoms with E-state index in [9.17, 15) is 4.79 Å². The molecule has 0 saturated heterocycles. The molecular formula is C17H36NO2P. The zero-order valence-corrected chi connectivity index (χ0v) is 15.5. The van der Waals surface area contributed by atoms with Crippen LogP contribution in [0.5, 0.6) is 0 Å². The molecular weight excluding hydrogens is 281 g/mol. The summed E-state index contributed by atoms with van der Waals surface area (Å²) < 4.78 is 5.16. The smallest absolute Gasteiger partial charge is 0.306 e. The molecule has 1 atom stereocenters. The van der Waals surface area contributed by atoms with E-state index in [2.05, 4.69) is 20.8 Å². The third-order valence-corrected chi connectivity index (χ3v) is 5.45. The van der Waals surface area contributed by atoms with Gasteiger partial charge >= 0.3 is 5.97 Å². The molecule has 0 saturated carbocycles. The molecule has 1 unspecified atom stereocenters. The van der Waals surface area contributed by atoms with Gasteiger partial charge in [0, 0.05) is 13.1 Å². The number of carbonyl (C=O) groups is 1. The Labute approximate surface area is 133 Å². The lowest BCUT2D eigenvalue weighted by molar-refractivity contribution is -0.131. The van der Waals surface area contributed by atoms with Gasteiger partial charge in [-0.2, -0.15) is 0 Å². The van der Waals surface area contributed by atoms with E-state index in [1.165, 1.54) is 64.7 Å². The SMILES string of the molecule is CCCCC(CCCC)(CCCC)CCP(N)OC(C)=O. The molecule has 4 heteroatoms. The van der Waals surface area contributed by atoms with Crippen molar-refractivity contribution in [1.82, 2.24) is 0 Å². The van der Waals surface area contributed by atoms with Crippen molar-refractivity contribution in [3.63, 3.8) is 0 Å². The van der Waals surface area contributed by atoms with Gasteiger partial charge in [0.15, 0.2) is 8.30 Å². The monoisotopic (exact) mass is 317 g/mol. The highest BCUT2D eigenvalue weighted by atomic mass is 31.2. The van der Waals surface area contributed by atoms with Gasteiger partial charge in [0.25, 0.3) is 0 Å². The summed E-state index contributed by atoms with van der Waals surface area (Å²) in [7, 11) is -1.08. The predicted molar refractivity (Wildman–Crippen MR) is 93.4 cm³/mol. The number of hydrogen-bond donors (Lipinski definition) is 1. The van der Waals surface area contributed by atoms with E-state index in [0.29, 0.717) is 5.41 Å². The van der Waals surface area contributed by atoms with Gasteiger partial charge in [0.1, 0.15) is 0 Å². The Hall–Kier alpha value is -0.140. The average molecular weight is 317 g/mol. The average Bonchev–Trinajstić information content (AvgIpc) is 2.45. The van der Waals surface area contributed by atoms with Crippen LogP contribution in [0.25, 0.3) is 0 Å². The van der Waals surface area contributed by atoms with Crippen LogP contribution in [0.1, 0.15) is 91.9 Å². The zero-order chi connectivity index (χ0) is 16.1. The third kappa shape index (κ3) is 10.3. The maximum absolute atomic E-state index is 11.0. The highest BCUT2D eigenvalue weighted by Gasteiger charge is 2.29. The molecule has 0 aliphatic carbocycles. The molecule has 126 valence electrons. The summed E-state index contributed by atoms with van der Waals surface area (Å²) in [5, 5.41) is 0. The van der Waals surface area contributed by atoms with Crippen molar-refractivity contribution in [2.45, 2.75) is 91.9 Å². The Balaban J connectivity index is 4.65. The number of nitrogens with two attached hydrogens (primary N) is 1. The highest BCUT2D eigenvalue weighted by molar-refractivity contribution is 7.50. The van der Waals surface area contributed by atoms with Gasteiger partial charge in [0.2, 0.25) is 0 Å². The van der Waals surface area contributed by atoms with Crippen molar-refractivity contribution in [3.8, 4) is 0 Å². The normalized spacial score (nSPS) is 13.2. The van der Waals surface area contributed by atoms with Crippen LogP contribution in [0.2, 0.25) is 0 Å². The summed E-state index contributed by atoms with van der Waals surface area (Å²) in [5.41, 5.74) is 6.41. The molecule has 0 aliphatic rings. The fourth-order valence-electron chi connectivity index (χ4n) is 2.96. The second-order valence-corrected chi connectivity index (χ2v) is 7.75. The summed E-state index contributed by atoms with van der Waals surface area (Å²) in [6.45, 7) is 8.23. The molecule has 0 fully saturated rings. The predicted octanol–water partition coefficient (Wildman–Crippen LogP) is 5.77. The summed E-state index contributed by atoms with van der Waals surface area (Å²) in [6, 6.07) is 0. The maximum atomic E-state index is 11.0. The molecule has 0 radical (unpaired) electrons. The first kappa shape index (κ1) is 20.9. The number of unbranched alkanes of at least 4 members (excludes halogenated alkanes) is 3. The van der Waals surface area contributed by atoms with Gasteiger partial charge in [0.05, 0.1) is 0 Å². The molecule has 0 heterocycles. The lowest BCUT2D eigenvalue weighted by Gasteiger charge is -2.35. The largest absolute Gasteiger partial charge is 0.429 e. The van der Waals surface area contributed by atoms with Gasteiger partial charge in [-0.1, -0.05) is 59.3 Å². The van der Waals surface area contributed by atoms with Crippen molar-refractivity contribution in [2.24, 2.45) is 10.9 Å². The van der Waals surface area contributed by atoms with Crippen molar-refractivity contribution in [1.29, 1.82) is 0 Å². The molecule has 0 bridgehead atoms. The van der Waals surface area contributed by atoms with Crippen molar-refractivity contribution < 1.29 is 9.32 Å². The van der Waals surface area contributed by atoms with Crippen molar-refractivity contribution in [3.05, 3.63) is 0 Å². The van der Waals surface area contributed by atoms with E-state index in [4.69, 9.17) is 10.0 Å². The highest BCUT2D eigenvalue weighted by Crippen LogP contribution is 2.43. The second-order valence-electron chi connectivity index (χ2n) is 6.28. The third-order valence-electron chi connectivity index (χ3n) is 4.29. The lowest BCUT2D eigenvalue weighted by atomic mass is 9.72. The summed E-state index contributed by atoms with van der Waals surface area (Å²) in [5.74, 6) is -0.245. The van der Waals surface area contributed by atoms with E-state index in [-0.39, 0.29) is 5.97 Å². The topological polar surface area (TPSA) is 52.3 Å². The minimum Gasteiger partial charge on any atom is -0.429 e. The number of rotatable bonds is 13. The van der Waals surface area contributed by atoms with E-state index in [1.54, 1.807) is 0 Å². The second kappa shape index (κ2) is 12.4. The van der Waals surface area contributed by atoms with Gasteiger partial charge in [-0.3, -0.25) is 10.3 Å². The molecule has 2 N–H and O–H groups in total. The molecule has 0 amide bonds. The summed E-state index contributed by atoms with van der Waals surface area (Å²) in [4.78, 5) is 11.0. The molecule has 0 rings (SSSR count). The molecule has 0 aromatic heterocycles. The first-order chi connectivity index (χ1) is 9.99. The Morgan fingerprint density at radius 2 is 1.38 bits per heavy atom. The maximum Gasteiger partial charge on any atom is 0.306 e. The van der Waals surface area contributed by atoms with Gasteiger partial charge in [-0.05, 0) is 31.1 Å². The molecule has 3 nitrogen and oxygen atoms in total.